The van der Waals surface area contributed by atoms with Gasteiger partial charge >= 0.3 is 29.9 Å². The first kappa shape index (κ1) is 35.2. The van der Waals surface area contributed by atoms with Gasteiger partial charge in [0.1, 0.15) is 22.2 Å². The van der Waals surface area contributed by atoms with Gasteiger partial charge < -0.3 is 18.9 Å². The summed E-state index contributed by atoms with van der Waals surface area (Å²) in [6.45, 7) is 15.0. The van der Waals surface area contributed by atoms with E-state index in [1.54, 1.807) is 68.6 Å². The van der Waals surface area contributed by atoms with Crippen LogP contribution in [-0.4, -0.2) is 73.0 Å². The van der Waals surface area contributed by atoms with E-state index in [0.29, 0.717) is 4.90 Å². The molecule has 0 atom stereocenters. The lowest BCUT2D eigenvalue weighted by Crippen LogP contribution is -2.48. The molecule has 2 rings (SSSR count). The molecule has 0 spiro atoms. The van der Waals surface area contributed by atoms with Gasteiger partial charge in [-0.05, 0) is 75.0 Å². The number of carbonyl (C=O) groups is 4. The minimum atomic E-state index is -1.31. The number of nitrogens with zero attached hydrogens (tertiary/aromatic N) is 5. The third kappa shape index (κ3) is 9.53. The molecule has 2 heterocycles. The van der Waals surface area contributed by atoms with Crippen molar-refractivity contribution < 1.29 is 38.1 Å². The van der Waals surface area contributed by atoms with E-state index in [2.05, 4.69) is 9.97 Å². The lowest BCUT2D eigenvalue weighted by atomic mass is 10.2. The minimum Gasteiger partial charge on any atom is -0.466 e. The largest absolute Gasteiger partial charge is 0.466 e. The van der Waals surface area contributed by atoms with Crippen LogP contribution in [0.15, 0.2) is 14.7 Å². The highest BCUT2D eigenvalue weighted by molar-refractivity contribution is 7.98. The average molecular weight is 626 g/mol. The second-order valence-corrected chi connectivity index (χ2v) is 13.1. The van der Waals surface area contributed by atoms with Crippen LogP contribution in [0.4, 0.5) is 20.2 Å². The third-order valence-corrected chi connectivity index (χ3v) is 5.45. The van der Waals surface area contributed by atoms with Gasteiger partial charge in [0.25, 0.3) is 5.56 Å². The number of thioether (sulfide) groups is 1. The summed E-state index contributed by atoms with van der Waals surface area (Å²) < 4.78 is 22.4. The molecule has 16 heteroatoms. The molecule has 43 heavy (non-hydrogen) atoms. The van der Waals surface area contributed by atoms with Gasteiger partial charge in [0, 0.05) is 13.5 Å². The molecule has 15 nitrogen and oxygen atoms in total. The Hall–Kier alpha value is -3.95. The SMILES string of the molecule is CSc1nc(N(C(=O)OC(C)(C)C)C(=O)OC(C)(C)C)c2c(=O)n(C(=O)OC(C)(C)C)c(=O)n(CCCOC(C)=O)c2n1. The maximum absolute atomic E-state index is 14.0. The maximum Gasteiger partial charge on any atom is 0.425 e. The van der Waals surface area contributed by atoms with Crippen LogP contribution in [0.1, 0.15) is 75.7 Å². The van der Waals surface area contributed by atoms with Crippen molar-refractivity contribution in [2.75, 3.05) is 17.8 Å². The Kier molecular flexibility index (Phi) is 10.8. The first-order chi connectivity index (χ1) is 19.6. The molecule has 0 bridgehead atoms. The van der Waals surface area contributed by atoms with Gasteiger partial charge in [0.05, 0.1) is 6.61 Å². The van der Waals surface area contributed by atoms with E-state index in [1.165, 1.54) is 6.92 Å². The monoisotopic (exact) mass is 625 g/mol. The molecule has 2 aromatic heterocycles. The number of imide groups is 1. The summed E-state index contributed by atoms with van der Waals surface area (Å²) in [6, 6.07) is 0. The minimum absolute atomic E-state index is 0.0258. The van der Waals surface area contributed by atoms with Gasteiger partial charge in [-0.3, -0.25) is 14.2 Å². The van der Waals surface area contributed by atoms with Crippen LogP contribution in [0.5, 0.6) is 0 Å². The third-order valence-electron chi connectivity index (χ3n) is 4.90. The Morgan fingerprint density at radius 1 is 0.837 bits per heavy atom. The van der Waals surface area contributed by atoms with E-state index in [4.69, 9.17) is 18.9 Å². The molecule has 0 aliphatic rings. The summed E-state index contributed by atoms with van der Waals surface area (Å²) in [7, 11) is 0. The molecule has 2 aromatic rings. The van der Waals surface area contributed by atoms with E-state index in [1.807, 2.05) is 0 Å². The molecule has 0 fully saturated rings. The fourth-order valence-electron chi connectivity index (χ4n) is 3.44. The highest BCUT2D eigenvalue weighted by Crippen LogP contribution is 2.27. The van der Waals surface area contributed by atoms with Crippen LogP contribution >= 0.6 is 11.8 Å². The van der Waals surface area contributed by atoms with Crippen molar-refractivity contribution in [3.05, 3.63) is 20.8 Å². The van der Waals surface area contributed by atoms with Crippen molar-refractivity contribution in [1.82, 2.24) is 19.1 Å². The van der Waals surface area contributed by atoms with Gasteiger partial charge in [-0.25, -0.2) is 29.1 Å². The summed E-state index contributed by atoms with van der Waals surface area (Å²) in [5.74, 6) is -1.12. The molecule has 0 aliphatic heterocycles. The molecule has 0 aliphatic carbocycles. The van der Waals surface area contributed by atoms with Crippen LogP contribution in [0.3, 0.4) is 0 Å². The van der Waals surface area contributed by atoms with E-state index in [9.17, 15) is 28.8 Å². The summed E-state index contributed by atoms with van der Waals surface area (Å²) in [6.07, 6.45) is -2.09. The second kappa shape index (κ2) is 13.1. The first-order valence-electron chi connectivity index (χ1n) is 13.3. The van der Waals surface area contributed by atoms with Gasteiger partial charge in [0.15, 0.2) is 16.6 Å². The predicted molar refractivity (Wildman–Crippen MR) is 158 cm³/mol. The number of hydrogen-bond donors (Lipinski definition) is 0. The van der Waals surface area contributed by atoms with Crippen LogP contribution in [0.2, 0.25) is 0 Å². The molecular weight excluding hydrogens is 586 g/mol. The van der Waals surface area contributed by atoms with Crippen LogP contribution < -0.4 is 16.1 Å². The van der Waals surface area contributed by atoms with Crippen LogP contribution in [0, 0.1) is 0 Å². The fourth-order valence-corrected chi connectivity index (χ4v) is 3.79. The molecule has 0 aromatic carbocycles. The van der Waals surface area contributed by atoms with E-state index in [-0.39, 0.29) is 34.9 Å². The quantitative estimate of drug-likeness (QED) is 0.147. The van der Waals surface area contributed by atoms with Crippen molar-refractivity contribution in [1.29, 1.82) is 0 Å². The Morgan fingerprint density at radius 3 is 1.79 bits per heavy atom. The number of anilines is 1. The van der Waals surface area contributed by atoms with Crippen molar-refractivity contribution in [3.63, 3.8) is 0 Å². The van der Waals surface area contributed by atoms with Crippen molar-refractivity contribution >= 4 is 52.9 Å². The standard InChI is InChI=1S/C27H39N5O10S/c1-15(33)39-14-12-13-30-17-16(19(34)32(21(30)35)24(38)42-27(8,9)10)18(29-20(28-17)43-11)31(22(36)40-25(2,3)4)23(37)41-26(5,6)7/h12-14H2,1-11H3. The van der Waals surface area contributed by atoms with Gasteiger partial charge in [-0.2, -0.15) is 9.47 Å². The van der Waals surface area contributed by atoms with Gasteiger partial charge in [0.2, 0.25) is 0 Å². The molecule has 0 saturated heterocycles. The lowest BCUT2D eigenvalue weighted by molar-refractivity contribution is -0.141. The van der Waals surface area contributed by atoms with Crippen molar-refractivity contribution in [2.24, 2.45) is 0 Å². The van der Waals surface area contributed by atoms with Crippen LogP contribution in [0.25, 0.3) is 11.0 Å². The highest BCUT2D eigenvalue weighted by Gasteiger charge is 2.37. The molecular formula is C27H39N5O10S. The number of amides is 2. The summed E-state index contributed by atoms with van der Waals surface area (Å²) in [5, 5.41) is -0.561. The number of fused-ring (bicyclic) bond motifs is 1. The number of rotatable bonds is 6. The molecule has 2 amide bonds. The zero-order valence-electron chi connectivity index (χ0n) is 26.3. The Labute approximate surface area is 252 Å². The van der Waals surface area contributed by atoms with Crippen LogP contribution in [-0.2, 0) is 30.3 Å². The maximum atomic E-state index is 14.0. The molecule has 0 N–H and O–H groups in total. The number of carbonyl (C=O) groups excluding carboxylic acids is 4. The number of ether oxygens (including phenoxy) is 4. The Morgan fingerprint density at radius 2 is 1.35 bits per heavy atom. The number of hydrogen-bond acceptors (Lipinski definition) is 13. The Balaban J connectivity index is 3.07. The topological polar surface area (TPSA) is 178 Å². The number of esters is 1. The normalized spacial score (nSPS) is 12.1. The molecule has 0 saturated carbocycles. The van der Waals surface area contributed by atoms with Crippen molar-refractivity contribution in [2.45, 2.75) is 104 Å². The zero-order chi connectivity index (χ0) is 33.1. The fraction of sp³-hybridized carbons (Fsp3) is 0.630. The Bertz CT molecular complexity index is 1500. The molecule has 0 unspecified atom stereocenters. The number of aryl methyl sites for hydroxylation is 1. The van der Waals surface area contributed by atoms with Crippen molar-refractivity contribution in [3.8, 4) is 0 Å². The molecule has 0 radical (unpaired) electrons. The molecule has 238 valence electrons. The summed E-state index contributed by atoms with van der Waals surface area (Å²) in [4.78, 5) is 88.0. The van der Waals surface area contributed by atoms with Gasteiger partial charge in [-0.15, -0.1) is 0 Å². The predicted octanol–water partition coefficient (Wildman–Crippen LogP) is 4.09. The second-order valence-electron chi connectivity index (χ2n) is 12.3. The lowest BCUT2D eigenvalue weighted by Gasteiger charge is -2.28. The van der Waals surface area contributed by atoms with E-state index < -0.39 is 63.5 Å². The van der Waals surface area contributed by atoms with Gasteiger partial charge in [-0.1, -0.05) is 11.8 Å². The highest BCUT2D eigenvalue weighted by atomic mass is 32.2. The smallest absolute Gasteiger partial charge is 0.425 e. The average Bonchev–Trinajstić information content (AvgIpc) is 2.79. The summed E-state index contributed by atoms with van der Waals surface area (Å²) in [5.41, 5.74) is -5.91. The summed E-state index contributed by atoms with van der Waals surface area (Å²) >= 11 is 0.998. The zero-order valence-corrected chi connectivity index (χ0v) is 27.2. The number of aromatic nitrogens is 4. The van der Waals surface area contributed by atoms with E-state index >= 15 is 0 Å². The first-order valence-corrected chi connectivity index (χ1v) is 14.5. The van der Waals surface area contributed by atoms with E-state index in [0.717, 1.165) is 16.3 Å².